The van der Waals surface area contributed by atoms with Crippen LogP contribution in [0.1, 0.15) is 18.1 Å². The van der Waals surface area contributed by atoms with Crippen LogP contribution in [0.25, 0.3) is 10.1 Å². The average Bonchev–Trinajstić information content (AvgIpc) is 2.97. The number of carbonyl (C=O) groups is 1. The number of allylic oxidation sites excluding steroid dienone is 3. The highest BCUT2D eigenvalue weighted by molar-refractivity contribution is 7.17. The summed E-state index contributed by atoms with van der Waals surface area (Å²) in [5.41, 5.74) is 0.649. The lowest BCUT2D eigenvalue weighted by Gasteiger charge is -2.13. The summed E-state index contributed by atoms with van der Waals surface area (Å²) in [6.07, 6.45) is -1.54. The van der Waals surface area contributed by atoms with Crippen molar-refractivity contribution in [1.82, 2.24) is 5.32 Å². The third-order valence-corrected chi connectivity index (χ3v) is 5.53. The number of hydrogen-bond donors (Lipinski definition) is 3. The molecule has 3 N–H and O–H groups in total. The van der Waals surface area contributed by atoms with Crippen LogP contribution in [0.5, 0.6) is 5.75 Å². The molecule has 0 fully saturated rings. The Hall–Kier alpha value is -2.85. The molecule has 0 amide bonds. The Morgan fingerprint density at radius 2 is 2.00 bits per heavy atom. The number of nitrogens with one attached hydrogen (secondary N) is 1. The van der Waals surface area contributed by atoms with Crippen molar-refractivity contribution in [2.45, 2.75) is 26.1 Å². The predicted molar refractivity (Wildman–Crippen MR) is 104 cm³/mol. The van der Waals surface area contributed by atoms with Gasteiger partial charge in [0.2, 0.25) is 0 Å². The first-order valence-corrected chi connectivity index (χ1v) is 9.58. The van der Waals surface area contributed by atoms with Gasteiger partial charge in [-0.2, -0.15) is 13.2 Å². The van der Waals surface area contributed by atoms with Crippen molar-refractivity contribution < 1.29 is 37.3 Å². The molecule has 1 aromatic heterocycles. The summed E-state index contributed by atoms with van der Waals surface area (Å²) < 4.78 is 59.2. The Kier molecular flexibility index (Phi) is 6.18. The van der Waals surface area contributed by atoms with E-state index in [4.69, 9.17) is 9.84 Å². The van der Waals surface area contributed by atoms with Crippen LogP contribution in [0.15, 0.2) is 46.6 Å². The van der Waals surface area contributed by atoms with Gasteiger partial charge >= 0.3 is 12.1 Å². The van der Waals surface area contributed by atoms with Gasteiger partial charge in [0.05, 0.1) is 17.7 Å². The van der Waals surface area contributed by atoms with Crippen molar-refractivity contribution >= 4 is 27.4 Å². The molecule has 30 heavy (non-hydrogen) atoms. The molecule has 0 saturated heterocycles. The fraction of sp³-hybridized carbons (Fsp3) is 0.250. The van der Waals surface area contributed by atoms with Crippen molar-refractivity contribution in [2.24, 2.45) is 0 Å². The molecule has 0 bridgehead atoms. The summed E-state index contributed by atoms with van der Waals surface area (Å²) in [6.45, 7) is 0.928. The predicted octanol–water partition coefficient (Wildman–Crippen LogP) is 4.42. The molecule has 0 atom stereocenters. The maximum atomic E-state index is 14.9. The number of aliphatic hydroxyl groups is 1. The molecule has 2 heterocycles. The second-order valence-corrected chi connectivity index (χ2v) is 7.45. The van der Waals surface area contributed by atoms with E-state index in [9.17, 15) is 27.5 Å². The summed E-state index contributed by atoms with van der Waals surface area (Å²) in [5, 5.41) is 22.7. The van der Waals surface area contributed by atoms with Crippen molar-refractivity contribution in [3.8, 4) is 5.75 Å². The van der Waals surface area contributed by atoms with Gasteiger partial charge in [-0.25, -0.2) is 4.39 Å². The number of rotatable bonds is 6. The van der Waals surface area contributed by atoms with E-state index in [1.165, 1.54) is 23.7 Å². The van der Waals surface area contributed by atoms with Crippen molar-refractivity contribution in [3.05, 3.63) is 63.6 Å². The van der Waals surface area contributed by atoms with Gasteiger partial charge in [0, 0.05) is 11.6 Å². The third-order valence-electron chi connectivity index (χ3n) is 4.51. The Balaban J connectivity index is 1.91. The minimum atomic E-state index is -4.54. The zero-order chi connectivity index (χ0) is 22.1. The Morgan fingerprint density at radius 1 is 1.27 bits per heavy atom. The summed E-state index contributed by atoms with van der Waals surface area (Å²) in [6, 6.07) is 1.28. The maximum Gasteiger partial charge on any atom is 0.431 e. The monoisotopic (exact) mass is 443 g/mol. The lowest BCUT2D eigenvalue weighted by atomic mass is 10.0. The summed E-state index contributed by atoms with van der Waals surface area (Å²) in [4.78, 5) is 11.0. The number of hydrogen-bond acceptors (Lipinski definition) is 5. The number of alkyl halides is 3. The molecule has 3 rings (SSSR count). The molecule has 5 nitrogen and oxygen atoms in total. The van der Waals surface area contributed by atoms with Crippen LogP contribution in [0, 0.1) is 5.82 Å². The van der Waals surface area contributed by atoms with Crippen molar-refractivity contribution in [1.29, 1.82) is 0 Å². The van der Waals surface area contributed by atoms with E-state index < -0.39 is 30.3 Å². The van der Waals surface area contributed by atoms with Crippen LogP contribution in [0.3, 0.4) is 0 Å². The molecule has 10 heteroatoms. The van der Waals surface area contributed by atoms with E-state index in [0.29, 0.717) is 27.7 Å². The lowest BCUT2D eigenvalue weighted by Crippen LogP contribution is -2.22. The van der Waals surface area contributed by atoms with Gasteiger partial charge in [0.15, 0.2) is 11.6 Å². The minimum Gasteiger partial charge on any atom is -0.486 e. The zero-order valence-corrected chi connectivity index (χ0v) is 16.5. The molecule has 160 valence electrons. The fourth-order valence-electron chi connectivity index (χ4n) is 2.97. The molecule has 1 aromatic carbocycles. The number of thiophene rings is 1. The highest BCUT2D eigenvalue weighted by Gasteiger charge is 2.33. The van der Waals surface area contributed by atoms with Crippen LogP contribution >= 0.6 is 11.3 Å². The standard InChI is InChI=1S/C20H17F4NO4S/c1-10-6-25-15(20(22,23)24)3-2-11(10)8-29-14-4-12(7-26)17-13(5-16(27)28)9-30-19(17)18(14)21/h2-4,6,9,25-26H,5,7-8H2,1H3,(H,27,28). The van der Waals surface area contributed by atoms with Gasteiger partial charge in [-0.15, -0.1) is 11.3 Å². The number of aliphatic carboxylic acids is 1. The van der Waals surface area contributed by atoms with Gasteiger partial charge in [-0.1, -0.05) is 6.08 Å². The molecule has 2 aromatic rings. The minimum absolute atomic E-state index is 0.149. The van der Waals surface area contributed by atoms with E-state index in [0.717, 1.165) is 17.4 Å². The number of carboxylic acid groups (broad SMARTS) is 1. The van der Waals surface area contributed by atoms with Crippen LogP contribution in [0.4, 0.5) is 17.6 Å². The molecule has 0 unspecified atom stereocenters. The second kappa shape index (κ2) is 8.49. The van der Waals surface area contributed by atoms with E-state index in [2.05, 4.69) is 5.32 Å². The molecule has 0 aliphatic carbocycles. The number of fused-ring (bicyclic) bond motifs is 1. The van der Waals surface area contributed by atoms with Crippen molar-refractivity contribution in [2.75, 3.05) is 6.61 Å². The van der Waals surface area contributed by atoms with E-state index in [1.54, 1.807) is 6.92 Å². The Morgan fingerprint density at radius 3 is 2.63 bits per heavy atom. The van der Waals surface area contributed by atoms with Gasteiger partial charge in [0.25, 0.3) is 0 Å². The van der Waals surface area contributed by atoms with Gasteiger partial charge < -0.3 is 20.3 Å². The molecule has 0 spiro atoms. The summed E-state index contributed by atoms with van der Waals surface area (Å²) in [5.74, 6) is -1.98. The maximum absolute atomic E-state index is 14.9. The first kappa shape index (κ1) is 21.8. The van der Waals surface area contributed by atoms with Crippen LogP contribution in [0.2, 0.25) is 0 Å². The zero-order valence-electron chi connectivity index (χ0n) is 15.6. The largest absolute Gasteiger partial charge is 0.486 e. The first-order chi connectivity index (χ1) is 14.1. The van der Waals surface area contributed by atoms with E-state index in [-0.39, 0.29) is 23.5 Å². The molecule has 1 aliphatic heterocycles. The number of carboxylic acids is 1. The number of ether oxygens (including phenoxy) is 1. The number of aliphatic hydroxyl groups excluding tert-OH is 1. The van der Waals surface area contributed by atoms with Crippen molar-refractivity contribution in [3.63, 3.8) is 0 Å². The van der Waals surface area contributed by atoms with Gasteiger partial charge in [-0.3, -0.25) is 4.79 Å². The molecular formula is C20H17F4NO4S. The van der Waals surface area contributed by atoms with Crippen LogP contribution in [-0.2, 0) is 17.8 Å². The van der Waals surface area contributed by atoms with Crippen LogP contribution in [-0.4, -0.2) is 29.0 Å². The molecular weight excluding hydrogens is 426 g/mol. The first-order valence-electron chi connectivity index (χ1n) is 8.70. The highest BCUT2D eigenvalue weighted by Crippen LogP contribution is 2.37. The summed E-state index contributed by atoms with van der Waals surface area (Å²) >= 11 is 0.995. The normalized spacial score (nSPS) is 14.5. The average molecular weight is 443 g/mol. The molecule has 0 radical (unpaired) electrons. The van der Waals surface area contributed by atoms with E-state index in [1.807, 2.05) is 0 Å². The summed E-state index contributed by atoms with van der Waals surface area (Å²) in [7, 11) is 0. The third kappa shape index (κ3) is 4.49. The fourth-order valence-corrected chi connectivity index (χ4v) is 4.02. The highest BCUT2D eigenvalue weighted by atomic mass is 32.1. The Labute approximate surface area is 172 Å². The van der Waals surface area contributed by atoms with Gasteiger partial charge in [-0.05, 0) is 46.7 Å². The molecule has 0 saturated carbocycles. The number of benzene rings is 1. The SMILES string of the molecule is CC1=CNC(C(F)(F)F)=CC=C1COc1cc(CO)c2c(CC(=O)O)csc2c1F. The molecule has 1 aliphatic rings. The van der Waals surface area contributed by atoms with Crippen LogP contribution < -0.4 is 10.1 Å². The van der Waals surface area contributed by atoms with E-state index >= 15 is 0 Å². The number of halogens is 4. The Bertz CT molecular complexity index is 1080. The lowest BCUT2D eigenvalue weighted by molar-refractivity contribution is -0.136. The quantitative estimate of drug-likeness (QED) is 0.577. The van der Waals surface area contributed by atoms with Gasteiger partial charge in [0.1, 0.15) is 12.3 Å². The smallest absolute Gasteiger partial charge is 0.431 e. The second-order valence-electron chi connectivity index (χ2n) is 6.57. The topological polar surface area (TPSA) is 78.8 Å².